The molecule has 3 heteroatoms. The zero-order chi connectivity index (χ0) is 10.6. The van der Waals surface area contributed by atoms with Gasteiger partial charge in [-0.25, -0.2) is 4.98 Å². The molecule has 0 aliphatic heterocycles. The number of nitrogens with zero attached hydrogens (tertiary/aromatic N) is 1. The number of aromatic nitrogens is 1. The van der Waals surface area contributed by atoms with E-state index in [1.807, 2.05) is 12.1 Å². The smallest absolute Gasteiger partial charge is 0.123 e. The first-order valence-electron chi connectivity index (χ1n) is 5.05. The lowest BCUT2D eigenvalue weighted by molar-refractivity contribution is 0.440. The maximum atomic E-state index is 5.49. The van der Waals surface area contributed by atoms with Crippen LogP contribution in [0, 0.1) is 11.8 Å². The van der Waals surface area contributed by atoms with E-state index in [4.69, 9.17) is 5.73 Å². The van der Waals surface area contributed by atoms with Crippen molar-refractivity contribution in [1.82, 2.24) is 4.98 Å². The third-order valence-electron chi connectivity index (χ3n) is 2.55. The lowest BCUT2D eigenvalue weighted by atomic mass is 9.98. The lowest BCUT2D eigenvalue weighted by Crippen LogP contribution is -2.16. The molecular formula is C11H19N3. The average molecular weight is 193 g/mol. The molecule has 0 fully saturated rings. The molecule has 14 heavy (non-hydrogen) atoms. The highest BCUT2D eigenvalue weighted by Gasteiger charge is 2.05. The van der Waals surface area contributed by atoms with Crippen LogP contribution in [0.3, 0.4) is 0 Å². The second-order valence-electron chi connectivity index (χ2n) is 4.07. The highest BCUT2D eigenvalue weighted by atomic mass is 14.9. The van der Waals surface area contributed by atoms with E-state index in [0.29, 0.717) is 17.7 Å². The van der Waals surface area contributed by atoms with Crippen molar-refractivity contribution in [2.45, 2.75) is 20.8 Å². The SMILES string of the molecule is CC(C)C(C)CNc1ccc(N)nc1. The maximum absolute atomic E-state index is 5.49. The molecule has 78 valence electrons. The summed E-state index contributed by atoms with van der Waals surface area (Å²) in [5.74, 6) is 1.92. The number of nitrogens with one attached hydrogen (secondary N) is 1. The van der Waals surface area contributed by atoms with E-state index < -0.39 is 0 Å². The van der Waals surface area contributed by atoms with E-state index in [1.54, 1.807) is 6.20 Å². The summed E-state index contributed by atoms with van der Waals surface area (Å²) in [4.78, 5) is 4.02. The Morgan fingerprint density at radius 2 is 2.07 bits per heavy atom. The predicted octanol–water partition coefficient (Wildman–Crippen LogP) is 2.37. The summed E-state index contributed by atoms with van der Waals surface area (Å²) in [7, 11) is 0. The van der Waals surface area contributed by atoms with Gasteiger partial charge in [-0.15, -0.1) is 0 Å². The largest absolute Gasteiger partial charge is 0.384 e. The van der Waals surface area contributed by atoms with Crippen molar-refractivity contribution in [2.24, 2.45) is 11.8 Å². The molecule has 3 N–H and O–H groups in total. The Labute approximate surface area is 85.7 Å². The second-order valence-corrected chi connectivity index (χ2v) is 4.07. The van der Waals surface area contributed by atoms with Crippen LogP contribution in [-0.2, 0) is 0 Å². The first kappa shape index (κ1) is 10.8. The summed E-state index contributed by atoms with van der Waals surface area (Å²) in [6.07, 6.45) is 1.77. The van der Waals surface area contributed by atoms with E-state index in [2.05, 4.69) is 31.1 Å². The first-order chi connectivity index (χ1) is 6.59. The normalized spacial score (nSPS) is 12.9. The average Bonchev–Trinajstić information content (AvgIpc) is 2.16. The van der Waals surface area contributed by atoms with Gasteiger partial charge in [0.15, 0.2) is 0 Å². The number of hydrogen-bond donors (Lipinski definition) is 2. The molecule has 1 rings (SSSR count). The van der Waals surface area contributed by atoms with Crippen molar-refractivity contribution in [3.8, 4) is 0 Å². The van der Waals surface area contributed by atoms with Gasteiger partial charge in [0.2, 0.25) is 0 Å². The van der Waals surface area contributed by atoms with Gasteiger partial charge in [0.25, 0.3) is 0 Å². The molecule has 1 heterocycles. The summed E-state index contributed by atoms with van der Waals surface area (Å²) in [5.41, 5.74) is 6.53. The number of rotatable bonds is 4. The van der Waals surface area contributed by atoms with Crippen LogP contribution in [0.15, 0.2) is 18.3 Å². The van der Waals surface area contributed by atoms with E-state index in [1.165, 1.54) is 0 Å². The zero-order valence-electron chi connectivity index (χ0n) is 9.12. The van der Waals surface area contributed by atoms with Gasteiger partial charge in [0, 0.05) is 6.54 Å². The molecule has 3 nitrogen and oxygen atoms in total. The highest BCUT2D eigenvalue weighted by molar-refractivity contribution is 5.45. The second kappa shape index (κ2) is 4.84. The maximum Gasteiger partial charge on any atom is 0.123 e. The zero-order valence-corrected chi connectivity index (χ0v) is 9.12. The fraction of sp³-hybridized carbons (Fsp3) is 0.545. The van der Waals surface area contributed by atoms with Crippen LogP contribution in [0.25, 0.3) is 0 Å². The molecule has 1 atom stereocenters. The van der Waals surface area contributed by atoms with Crippen LogP contribution in [-0.4, -0.2) is 11.5 Å². The number of pyridine rings is 1. The van der Waals surface area contributed by atoms with Crippen LogP contribution >= 0.6 is 0 Å². The fourth-order valence-electron chi connectivity index (χ4n) is 1.02. The molecule has 0 saturated heterocycles. The molecule has 0 bridgehead atoms. The van der Waals surface area contributed by atoms with Crippen LogP contribution in [0.1, 0.15) is 20.8 Å². The van der Waals surface area contributed by atoms with Gasteiger partial charge in [0.05, 0.1) is 11.9 Å². The fourth-order valence-corrected chi connectivity index (χ4v) is 1.02. The van der Waals surface area contributed by atoms with E-state index >= 15 is 0 Å². The molecule has 0 aromatic carbocycles. The number of nitrogen functional groups attached to an aromatic ring is 1. The quantitative estimate of drug-likeness (QED) is 0.771. The molecule has 0 amide bonds. The van der Waals surface area contributed by atoms with Crippen molar-refractivity contribution in [3.05, 3.63) is 18.3 Å². The van der Waals surface area contributed by atoms with E-state index in [9.17, 15) is 0 Å². The van der Waals surface area contributed by atoms with Crippen molar-refractivity contribution in [3.63, 3.8) is 0 Å². The molecule has 1 unspecified atom stereocenters. The number of nitrogens with two attached hydrogens (primary N) is 1. The first-order valence-corrected chi connectivity index (χ1v) is 5.05. The summed E-state index contributed by atoms with van der Waals surface area (Å²) in [6, 6.07) is 3.76. The van der Waals surface area contributed by atoms with E-state index in [0.717, 1.165) is 12.2 Å². The molecular weight excluding hydrogens is 174 g/mol. The van der Waals surface area contributed by atoms with Gasteiger partial charge in [-0.1, -0.05) is 20.8 Å². The van der Waals surface area contributed by atoms with Gasteiger partial charge >= 0.3 is 0 Å². The van der Waals surface area contributed by atoms with Crippen LogP contribution in [0.4, 0.5) is 11.5 Å². The third kappa shape index (κ3) is 3.24. The van der Waals surface area contributed by atoms with Crippen molar-refractivity contribution >= 4 is 11.5 Å². The van der Waals surface area contributed by atoms with Gasteiger partial charge in [0.1, 0.15) is 5.82 Å². The topological polar surface area (TPSA) is 50.9 Å². The Balaban J connectivity index is 2.42. The molecule has 1 aromatic heterocycles. The Morgan fingerprint density at radius 1 is 1.36 bits per heavy atom. The van der Waals surface area contributed by atoms with Gasteiger partial charge in [-0.3, -0.25) is 0 Å². The minimum atomic E-state index is 0.562. The van der Waals surface area contributed by atoms with Gasteiger partial charge in [-0.2, -0.15) is 0 Å². The molecule has 0 saturated carbocycles. The third-order valence-corrected chi connectivity index (χ3v) is 2.55. The number of hydrogen-bond acceptors (Lipinski definition) is 3. The predicted molar refractivity (Wildman–Crippen MR) is 61.1 cm³/mol. The van der Waals surface area contributed by atoms with Crippen LogP contribution in [0.2, 0.25) is 0 Å². The van der Waals surface area contributed by atoms with Crippen molar-refractivity contribution < 1.29 is 0 Å². The number of anilines is 2. The van der Waals surface area contributed by atoms with Crippen molar-refractivity contribution in [1.29, 1.82) is 0 Å². The Kier molecular flexibility index (Phi) is 3.74. The van der Waals surface area contributed by atoms with Crippen LogP contribution in [0.5, 0.6) is 0 Å². The van der Waals surface area contributed by atoms with Crippen molar-refractivity contribution in [2.75, 3.05) is 17.6 Å². The monoisotopic (exact) mass is 193 g/mol. The Bertz CT molecular complexity index is 266. The molecule has 0 aliphatic carbocycles. The van der Waals surface area contributed by atoms with Gasteiger partial charge < -0.3 is 11.1 Å². The van der Waals surface area contributed by atoms with E-state index in [-0.39, 0.29) is 0 Å². The summed E-state index contributed by atoms with van der Waals surface area (Å²) < 4.78 is 0. The minimum absolute atomic E-state index is 0.562. The minimum Gasteiger partial charge on any atom is -0.384 e. The molecule has 1 aromatic rings. The standard InChI is InChI=1S/C11H19N3/c1-8(2)9(3)6-13-10-4-5-11(12)14-7-10/h4-5,7-9,13H,6H2,1-3H3,(H2,12,14). The summed E-state index contributed by atoms with van der Waals surface area (Å²) in [5, 5.41) is 3.33. The molecule has 0 aliphatic rings. The van der Waals surface area contributed by atoms with Gasteiger partial charge in [-0.05, 0) is 24.0 Å². The van der Waals surface area contributed by atoms with Crippen LogP contribution < -0.4 is 11.1 Å². The molecule has 0 radical (unpaired) electrons. The summed E-state index contributed by atoms with van der Waals surface area (Å²) >= 11 is 0. The Morgan fingerprint density at radius 3 is 2.57 bits per heavy atom. The molecule has 0 spiro atoms. The lowest BCUT2D eigenvalue weighted by Gasteiger charge is -2.16. The highest BCUT2D eigenvalue weighted by Crippen LogP contribution is 2.12. The summed E-state index contributed by atoms with van der Waals surface area (Å²) in [6.45, 7) is 7.67. The Hall–Kier alpha value is -1.25.